The molecular weight excluding hydrogens is 498 g/mol. The molecule has 3 aromatic rings. The summed E-state index contributed by atoms with van der Waals surface area (Å²) >= 11 is 6.04. The number of aliphatic hydroxyl groups excluding tert-OH is 1. The van der Waals surface area contributed by atoms with Crippen molar-refractivity contribution in [3.8, 4) is 11.3 Å². The van der Waals surface area contributed by atoms with E-state index in [1.165, 1.54) is 0 Å². The van der Waals surface area contributed by atoms with Gasteiger partial charge in [0, 0.05) is 23.0 Å². The lowest BCUT2D eigenvalue weighted by Gasteiger charge is -2.18. The van der Waals surface area contributed by atoms with Gasteiger partial charge in [0.2, 0.25) is 5.95 Å². The quantitative estimate of drug-likeness (QED) is 0.263. The SMILES string of the molecule is CC[C@H](COC(=O)OC(C)C)Nc1ncc(C)c(-c2c[nH]c(C(=O)N[C@H](CO)c3cccc(Cl)c3)c2)n1. The number of carbonyl (C=O) groups excluding carboxylic acids is 2. The van der Waals surface area contributed by atoms with Crippen LogP contribution in [0.15, 0.2) is 42.7 Å². The topological polar surface area (TPSA) is 138 Å². The number of H-pyrrole nitrogens is 1. The smallest absolute Gasteiger partial charge is 0.432 e. The molecule has 1 aromatic carbocycles. The van der Waals surface area contributed by atoms with Gasteiger partial charge >= 0.3 is 6.16 Å². The fraction of sp³-hybridized carbons (Fsp3) is 0.385. The molecule has 4 N–H and O–H groups in total. The van der Waals surface area contributed by atoms with Crippen molar-refractivity contribution in [1.29, 1.82) is 0 Å². The maximum atomic E-state index is 12.9. The van der Waals surface area contributed by atoms with Crippen LogP contribution in [0.1, 0.15) is 54.8 Å². The lowest BCUT2D eigenvalue weighted by molar-refractivity contribution is 0.0321. The fourth-order valence-corrected chi connectivity index (χ4v) is 3.70. The van der Waals surface area contributed by atoms with Crippen molar-refractivity contribution in [2.45, 2.75) is 52.3 Å². The number of hydrogen-bond acceptors (Lipinski definition) is 8. The number of carbonyl (C=O) groups is 2. The minimum Gasteiger partial charge on any atom is -0.432 e. The van der Waals surface area contributed by atoms with Gasteiger partial charge in [-0.2, -0.15) is 0 Å². The van der Waals surface area contributed by atoms with Crippen molar-refractivity contribution in [1.82, 2.24) is 20.3 Å². The first-order chi connectivity index (χ1) is 17.7. The van der Waals surface area contributed by atoms with E-state index in [2.05, 4.69) is 25.6 Å². The summed E-state index contributed by atoms with van der Waals surface area (Å²) in [6.45, 7) is 7.13. The second-order valence-corrected chi connectivity index (χ2v) is 9.20. The van der Waals surface area contributed by atoms with Crippen molar-refractivity contribution >= 4 is 29.6 Å². The van der Waals surface area contributed by atoms with E-state index in [1.807, 2.05) is 13.8 Å². The molecule has 0 fully saturated rings. The number of nitrogens with one attached hydrogen (secondary N) is 3. The number of benzene rings is 1. The molecule has 0 unspecified atom stereocenters. The van der Waals surface area contributed by atoms with E-state index < -0.39 is 12.2 Å². The largest absolute Gasteiger partial charge is 0.508 e. The van der Waals surface area contributed by atoms with Gasteiger partial charge in [-0.1, -0.05) is 30.7 Å². The molecule has 0 aliphatic heterocycles. The Balaban J connectivity index is 1.70. The van der Waals surface area contributed by atoms with E-state index in [4.69, 9.17) is 21.1 Å². The number of aliphatic hydroxyl groups is 1. The van der Waals surface area contributed by atoms with Gasteiger partial charge in [-0.05, 0) is 56.5 Å². The highest BCUT2D eigenvalue weighted by molar-refractivity contribution is 6.30. The number of aromatic amines is 1. The van der Waals surface area contributed by atoms with Crippen LogP contribution in [-0.2, 0) is 9.47 Å². The zero-order valence-corrected chi connectivity index (χ0v) is 22.0. The molecule has 37 heavy (non-hydrogen) atoms. The first-order valence-electron chi connectivity index (χ1n) is 12.0. The minimum atomic E-state index is -0.724. The summed E-state index contributed by atoms with van der Waals surface area (Å²) in [5.41, 5.74) is 3.15. The van der Waals surface area contributed by atoms with Crippen LogP contribution in [0.2, 0.25) is 5.02 Å². The third kappa shape index (κ3) is 7.93. The monoisotopic (exact) mass is 529 g/mol. The number of hydrogen-bond donors (Lipinski definition) is 4. The van der Waals surface area contributed by atoms with Gasteiger partial charge in [0.1, 0.15) is 12.3 Å². The second-order valence-electron chi connectivity index (χ2n) is 8.77. The van der Waals surface area contributed by atoms with Crippen molar-refractivity contribution in [2.75, 3.05) is 18.5 Å². The molecule has 0 saturated carbocycles. The number of nitrogens with zero attached hydrogens (tertiary/aromatic N) is 2. The molecule has 10 nitrogen and oxygen atoms in total. The summed E-state index contributed by atoms with van der Waals surface area (Å²) in [4.78, 5) is 36.5. The molecule has 0 radical (unpaired) electrons. The Kier molecular flexibility index (Phi) is 9.87. The number of aryl methyl sites for hydroxylation is 1. The fourth-order valence-electron chi connectivity index (χ4n) is 3.50. The number of aromatic nitrogens is 3. The molecule has 0 aliphatic carbocycles. The molecule has 198 valence electrons. The zero-order chi connectivity index (χ0) is 26.9. The van der Waals surface area contributed by atoms with Gasteiger partial charge in [0.05, 0.1) is 30.5 Å². The van der Waals surface area contributed by atoms with E-state index in [1.54, 1.807) is 56.6 Å². The van der Waals surface area contributed by atoms with Crippen molar-refractivity contribution in [2.24, 2.45) is 0 Å². The second kappa shape index (κ2) is 13.1. The van der Waals surface area contributed by atoms with Crippen LogP contribution in [0.3, 0.4) is 0 Å². The van der Waals surface area contributed by atoms with Gasteiger partial charge in [0.15, 0.2) is 0 Å². The Bertz CT molecular complexity index is 1220. The Morgan fingerprint density at radius 1 is 1.24 bits per heavy atom. The first kappa shape index (κ1) is 27.9. The van der Waals surface area contributed by atoms with Gasteiger partial charge in [-0.25, -0.2) is 14.8 Å². The van der Waals surface area contributed by atoms with Crippen molar-refractivity contribution in [3.05, 3.63) is 64.6 Å². The molecule has 0 bridgehead atoms. The van der Waals surface area contributed by atoms with Crippen LogP contribution in [0.4, 0.5) is 10.7 Å². The first-order valence-corrected chi connectivity index (χ1v) is 12.4. The van der Waals surface area contributed by atoms with Crippen LogP contribution in [0, 0.1) is 6.92 Å². The third-order valence-corrected chi connectivity index (χ3v) is 5.71. The number of rotatable bonds is 11. The maximum Gasteiger partial charge on any atom is 0.508 e. The van der Waals surface area contributed by atoms with E-state index >= 15 is 0 Å². The molecule has 2 aromatic heterocycles. The van der Waals surface area contributed by atoms with Gasteiger partial charge in [-0.3, -0.25) is 4.79 Å². The summed E-state index contributed by atoms with van der Waals surface area (Å²) in [5, 5.41) is 16.3. The zero-order valence-electron chi connectivity index (χ0n) is 21.2. The molecule has 2 atom stereocenters. The molecule has 2 heterocycles. The number of halogens is 1. The molecule has 3 rings (SSSR count). The van der Waals surface area contributed by atoms with Crippen LogP contribution in [0.5, 0.6) is 0 Å². The normalized spacial score (nSPS) is 12.6. The highest BCUT2D eigenvalue weighted by Gasteiger charge is 2.19. The number of anilines is 1. The van der Waals surface area contributed by atoms with Crippen molar-refractivity contribution in [3.63, 3.8) is 0 Å². The predicted octanol–water partition coefficient (Wildman–Crippen LogP) is 4.65. The standard InChI is InChI=1S/C26H32ClN5O5/c1-5-20(14-36-26(35)37-15(2)3)30-25-29-11-16(4)23(32-25)18-10-21(28-12-18)24(34)31-22(13-33)17-7-6-8-19(27)9-17/h6-12,15,20,22,28,33H,5,13-14H2,1-4H3,(H,31,34)(H,29,30,32)/t20-,22-/m1/s1. The Morgan fingerprint density at radius 3 is 2.70 bits per heavy atom. The molecule has 11 heteroatoms. The Morgan fingerprint density at radius 2 is 2.03 bits per heavy atom. The van der Waals surface area contributed by atoms with Crippen LogP contribution in [0.25, 0.3) is 11.3 Å². The highest BCUT2D eigenvalue weighted by Crippen LogP contribution is 2.24. The molecular formula is C26H32ClN5O5. The summed E-state index contributed by atoms with van der Waals surface area (Å²) in [6.07, 6.45) is 3.04. The summed E-state index contributed by atoms with van der Waals surface area (Å²) < 4.78 is 10.2. The van der Waals surface area contributed by atoms with E-state index in [9.17, 15) is 14.7 Å². The maximum absolute atomic E-state index is 12.9. The van der Waals surface area contributed by atoms with E-state index in [0.717, 1.165) is 5.56 Å². The van der Waals surface area contributed by atoms with Gasteiger partial charge < -0.3 is 30.2 Å². The molecule has 0 saturated heterocycles. The number of amides is 1. The van der Waals surface area contributed by atoms with Gasteiger partial charge in [-0.15, -0.1) is 0 Å². The van der Waals surface area contributed by atoms with E-state index in [0.29, 0.717) is 39.9 Å². The van der Waals surface area contributed by atoms with Crippen LogP contribution < -0.4 is 10.6 Å². The molecule has 1 amide bonds. The Hall–Kier alpha value is -3.63. The number of ether oxygens (including phenoxy) is 2. The highest BCUT2D eigenvalue weighted by atomic mass is 35.5. The predicted molar refractivity (Wildman–Crippen MR) is 141 cm³/mol. The van der Waals surface area contributed by atoms with Crippen LogP contribution >= 0.6 is 11.6 Å². The lowest BCUT2D eigenvalue weighted by Crippen LogP contribution is -2.31. The summed E-state index contributed by atoms with van der Waals surface area (Å²) in [6, 6.07) is 7.82. The molecule has 0 spiro atoms. The third-order valence-electron chi connectivity index (χ3n) is 5.47. The molecule has 0 aliphatic rings. The summed E-state index contributed by atoms with van der Waals surface area (Å²) in [5.74, 6) is -0.0198. The van der Waals surface area contributed by atoms with E-state index in [-0.39, 0.29) is 31.3 Å². The average Bonchev–Trinajstić information content (AvgIpc) is 3.35. The minimum absolute atomic E-state index is 0.0990. The average molecular weight is 530 g/mol. The Labute approximate surface area is 220 Å². The van der Waals surface area contributed by atoms with Gasteiger partial charge in [0.25, 0.3) is 5.91 Å². The van der Waals surface area contributed by atoms with Crippen LogP contribution in [-0.4, -0.2) is 57.5 Å². The lowest BCUT2D eigenvalue weighted by atomic mass is 10.1. The summed E-state index contributed by atoms with van der Waals surface area (Å²) in [7, 11) is 0. The van der Waals surface area contributed by atoms with Crippen molar-refractivity contribution < 1.29 is 24.2 Å².